The van der Waals surface area contributed by atoms with Crippen molar-refractivity contribution in [3.8, 4) is 5.75 Å². The van der Waals surface area contributed by atoms with E-state index in [4.69, 9.17) is 4.74 Å². The zero-order valence-electron chi connectivity index (χ0n) is 8.84. The van der Waals surface area contributed by atoms with E-state index >= 15 is 0 Å². The zero-order chi connectivity index (χ0) is 9.97. The molecule has 0 spiro atoms. The number of aryl methyl sites for hydroxylation is 1. The first-order chi connectivity index (χ1) is 6.81. The highest BCUT2D eigenvalue weighted by Crippen LogP contribution is 2.32. The second-order valence-corrected chi connectivity index (χ2v) is 3.79. The van der Waals surface area contributed by atoms with Gasteiger partial charge in [0.05, 0.1) is 6.61 Å². The van der Waals surface area contributed by atoms with Crippen LogP contribution >= 0.6 is 0 Å². The van der Waals surface area contributed by atoms with Gasteiger partial charge in [-0.15, -0.1) is 0 Å². The fraction of sp³-hybridized carbons (Fsp3) is 0.500. The van der Waals surface area contributed by atoms with Crippen molar-refractivity contribution in [2.45, 2.75) is 26.3 Å². The van der Waals surface area contributed by atoms with Crippen molar-refractivity contribution in [1.29, 1.82) is 0 Å². The van der Waals surface area contributed by atoms with Crippen molar-refractivity contribution >= 4 is 0 Å². The van der Waals surface area contributed by atoms with E-state index in [1.54, 1.807) is 0 Å². The third-order valence-electron chi connectivity index (χ3n) is 2.66. The second-order valence-electron chi connectivity index (χ2n) is 3.79. The maximum atomic E-state index is 5.62. The Hall–Kier alpha value is -1.02. The van der Waals surface area contributed by atoms with Gasteiger partial charge >= 0.3 is 0 Å². The number of rotatable bonds is 2. The number of fused-ring (bicyclic) bond motifs is 1. The Morgan fingerprint density at radius 2 is 2.36 bits per heavy atom. The standard InChI is InChI=1S/C12H17NO/c1-3-13-11-6-7-14-12-5-4-9(2)8-10(11)12/h4-5,8,11,13H,3,6-7H2,1-2H3. The second kappa shape index (κ2) is 4.01. The Labute approximate surface area is 85.3 Å². The molecule has 1 aliphatic rings. The number of hydrogen-bond donors (Lipinski definition) is 1. The topological polar surface area (TPSA) is 21.3 Å². The average Bonchev–Trinajstić information content (AvgIpc) is 2.19. The van der Waals surface area contributed by atoms with Crippen LogP contribution in [0.15, 0.2) is 18.2 Å². The van der Waals surface area contributed by atoms with Gasteiger partial charge in [0, 0.05) is 18.0 Å². The van der Waals surface area contributed by atoms with E-state index in [0.29, 0.717) is 6.04 Å². The van der Waals surface area contributed by atoms with Crippen molar-refractivity contribution < 1.29 is 4.74 Å². The fourth-order valence-corrected chi connectivity index (χ4v) is 1.97. The van der Waals surface area contributed by atoms with Gasteiger partial charge in [-0.3, -0.25) is 0 Å². The molecular formula is C12H17NO. The Kier molecular flexibility index (Phi) is 2.73. The Morgan fingerprint density at radius 1 is 1.50 bits per heavy atom. The molecule has 0 amide bonds. The van der Waals surface area contributed by atoms with Crippen molar-refractivity contribution in [3.05, 3.63) is 29.3 Å². The minimum absolute atomic E-state index is 0.476. The van der Waals surface area contributed by atoms with Crippen molar-refractivity contribution in [2.75, 3.05) is 13.2 Å². The molecule has 0 bridgehead atoms. The largest absolute Gasteiger partial charge is 0.493 e. The molecule has 1 aliphatic heterocycles. The summed E-state index contributed by atoms with van der Waals surface area (Å²) in [5.74, 6) is 1.05. The van der Waals surface area contributed by atoms with Crippen LogP contribution in [0.25, 0.3) is 0 Å². The molecular weight excluding hydrogens is 174 g/mol. The van der Waals surface area contributed by atoms with Crippen LogP contribution in [0.2, 0.25) is 0 Å². The first-order valence-electron chi connectivity index (χ1n) is 5.28. The van der Waals surface area contributed by atoms with Crippen molar-refractivity contribution in [3.63, 3.8) is 0 Å². The number of nitrogens with one attached hydrogen (secondary N) is 1. The van der Waals surface area contributed by atoms with Gasteiger partial charge in [0.25, 0.3) is 0 Å². The van der Waals surface area contributed by atoms with Crippen LogP contribution in [0, 0.1) is 6.92 Å². The highest BCUT2D eigenvalue weighted by Gasteiger charge is 2.19. The highest BCUT2D eigenvalue weighted by atomic mass is 16.5. The fourth-order valence-electron chi connectivity index (χ4n) is 1.97. The normalized spacial score (nSPS) is 20.0. The quantitative estimate of drug-likeness (QED) is 0.775. The summed E-state index contributed by atoms with van der Waals surface area (Å²) in [6.07, 6.45) is 1.07. The molecule has 0 fully saturated rings. The van der Waals surface area contributed by atoms with Crippen LogP contribution < -0.4 is 10.1 Å². The van der Waals surface area contributed by atoms with Crippen LogP contribution in [-0.2, 0) is 0 Å². The monoisotopic (exact) mass is 191 g/mol. The third-order valence-corrected chi connectivity index (χ3v) is 2.66. The summed E-state index contributed by atoms with van der Waals surface area (Å²) in [7, 11) is 0. The molecule has 1 heterocycles. The van der Waals surface area contributed by atoms with Gasteiger partial charge in [0.2, 0.25) is 0 Å². The van der Waals surface area contributed by atoms with Gasteiger partial charge in [0.15, 0.2) is 0 Å². The number of hydrogen-bond acceptors (Lipinski definition) is 2. The number of benzene rings is 1. The molecule has 14 heavy (non-hydrogen) atoms. The summed E-state index contributed by atoms with van der Waals surface area (Å²) >= 11 is 0. The van der Waals surface area contributed by atoms with Gasteiger partial charge in [-0.2, -0.15) is 0 Å². The Balaban J connectivity index is 2.32. The average molecular weight is 191 g/mol. The van der Waals surface area contributed by atoms with Crippen LogP contribution in [0.3, 0.4) is 0 Å². The molecule has 0 radical (unpaired) electrons. The molecule has 76 valence electrons. The molecule has 2 rings (SSSR count). The SMILES string of the molecule is CCNC1CCOc2ccc(C)cc21. The smallest absolute Gasteiger partial charge is 0.124 e. The van der Waals surface area contributed by atoms with Gasteiger partial charge in [-0.05, 0) is 19.5 Å². The van der Waals surface area contributed by atoms with Gasteiger partial charge < -0.3 is 10.1 Å². The van der Waals surface area contributed by atoms with Crippen LogP contribution in [0.4, 0.5) is 0 Å². The Morgan fingerprint density at radius 3 is 3.14 bits per heavy atom. The summed E-state index contributed by atoms with van der Waals surface area (Å²) in [6.45, 7) is 6.11. The predicted octanol–water partition coefficient (Wildman–Crippen LogP) is 2.43. The maximum absolute atomic E-state index is 5.62. The lowest BCUT2D eigenvalue weighted by molar-refractivity contribution is 0.254. The lowest BCUT2D eigenvalue weighted by atomic mass is 9.99. The lowest BCUT2D eigenvalue weighted by Crippen LogP contribution is -2.26. The summed E-state index contributed by atoms with van der Waals surface area (Å²) in [5.41, 5.74) is 2.62. The van der Waals surface area contributed by atoms with Crippen molar-refractivity contribution in [1.82, 2.24) is 5.32 Å². The molecule has 1 unspecified atom stereocenters. The van der Waals surface area contributed by atoms with E-state index in [2.05, 4.69) is 37.4 Å². The molecule has 0 saturated heterocycles. The number of ether oxygens (including phenoxy) is 1. The molecule has 2 heteroatoms. The van der Waals surface area contributed by atoms with Crippen LogP contribution in [0.5, 0.6) is 5.75 Å². The summed E-state index contributed by atoms with van der Waals surface area (Å²) in [5, 5.41) is 3.49. The maximum Gasteiger partial charge on any atom is 0.124 e. The summed E-state index contributed by atoms with van der Waals surface area (Å²) in [4.78, 5) is 0. The first kappa shape index (κ1) is 9.53. The van der Waals surface area contributed by atoms with E-state index in [1.165, 1.54) is 11.1 Å². The minimum atomic E-state index is 0.476. The van der Waals surface area contributed by atoms with Crippen LogP contribution in [-0.4, -0.2) is 13.2 Å². The first-order valence-corrected chi connectivity index (χ1v) is 5.28. The molecule has 1 atom stereocenters. The lowest BCUT2D eigenvalue weighted by Gasteiger charge is -2.26. The van der Waals surface area contributed by atoms with Crippen molar-refractivity contribution in [2.24, 2.45) is 0 Å². The predicted molar refractivity (Wildman–Crippen MR) is 57.7 cm³/mol. The molecule has 1 aromatic carbocycles. The van der Waals surface area contributed by atoms with E-state index < -0.39 is 0 Å². The third kappa shape index (κ3) is 1.75. The minimum Gasteiger partial charge on any atom is -0.493 e. The molecule has 0 aromatic heterocycles. The van der Waals surface area contributed by atoms with Gasteiger partial charge in [-0.1, -0.05) is 24.6 Å². The molecule has 0 saturated carbocycles. The van der Waals surface area contributed by atoms with E-state index in [9.17, 15) is 0 Å². The van der Waals surface area contributed by atoms with Crippen LogP contribution in [0.1, 0.15) is 30.5 Å². The van der Waals surface area contributed by atoms with Gasteiger partial charge in [-0.25, -0.2) is 0 Å². The summed E-state index contributed by atoms with van der Waals surface area (Å²) in [6, 6.07) is 6.88. The molecule has 2 nitrogen and oxygen atoms in total. The van der Waals surface area contributed by atoms with E-state index in [0.717, 1.165) is 25.3 Å². The Bertz CT molecular complexity index is 322. The molecule has 1 aromatic rings. The zero-order valence-corrected chi connectivity index (χ0v) is 8.84. The molecule has 1 N–H and O–H groups in total. The summed E-state index contributed by atoms with van der Waals surface area (Å²) < 4.78 is 5.62. The van der Waals surface area contributed by atoms with E-state index in [1.807, 2.05) is 0 Å². The van der Waals surface area contributed by atoms with Gasteiger partial charge in [0.1, 0.15) is 5.75 Å². The van der Waals surface area contributed by atoms with E-state index in [-0.39, 0.29) is 0 Å². The highest BCUT2D eigenvalue weighted by molar-refractivity contribution is 5.40. The molecule has 0 aliphatic carbocycles.